The second-order valence-electron chi connectivity index (χ2n) is 7.36. The molecule has 2 rings (SSSR count). The number of nitrogens with one attached hydrogen (secondary N) is 2. The molecule has 32 heavy (non-hydrogen) atoms. The Kier molecular flexibility index (Phi) is 9.94. The smallest absolute Gasteiger partial charge is 0.203 e. The molecule has 176 valence electrons. The minimum atomic E-state index is -0.712. The van der Waals surface area contributed by atoms with Crippen molar-refractivity contribution in [1.82, 2.24) is 10.6 Å². The molecule has 1 atom stereocenters. The van der Waals surface area contributed by atoms with Crippen LogP contribution in [-0.2, 0) is 6.54 Å². The summed E-state index contributed by atoms with van der Waals surface area (Å²) in [7, 11) is 4.73. The Morgan fingerprint density at radius 3 is 2.25 bits per heavy atom. The van der Waals surface area contributed by atoms with Gasteiger partial charge in [0.1, 0.15) is 5.75 Å². The molecule has 1 unspecified atom stereocenters. The molecule has 2 aromatic carbocycles. The fourth-order valence-electron chi connectivity index (χ4n) is 3.12. The summed E-state index contributed by atoms with van der Waals surface area (Å²) in [6.07, 6.45) is -0.640. The predicted octanol–water partition coefficient (Wildman–Crippen LogP) is 3.29. The molecule has 0 bridgehead atoms. The molecule has 0 amide bonds. The Morgan fingerprint density at radius 2 is 1.69 bits per heavy atom. The van der Waals surface area contributed by atoms with Gasteiger partial charge in [-0.2, -0.15) is 0 Å². The lowest BCUT2D eigenvalue weighted by molar-refractivity contribution is 0.179. The van der Waals surface area contributed by atoms with Crippen LogP contribution in [0.3, 0.4) is 0 Å². The molecule has 0 saturated heterocycles. The number of rotatable bonds is 11. The SMILES string of the molecule is CCNC(=NCc1cc(OC)c(OC)c(OC)c1)NCC(O)c1cccc(OC(C)C)c1. The van der Waals surface area contributed by atoms with E-state index in [9.17, 15) is 5.11 Å². The van der Waals surface area contributed by atoms with Crippen molar-refractivity contribution in [3.05, 3.63) is 47.5 Å². The van der Waals surface area contributed by atoms with E-state index in [1.165, 1.54) is 0 Å². The molecule has 0 aliphatic heterocycles. The van der Waals surface area contributed by atoms with E-state index in [2.05, 4.69) is 15.6 Å². The Hall–Kier alpha value is -3.13. The molecule has 0 spiro atoms. The topological polar surface area (TPSA) is 93.6 Å². The fourth-order valence-corrected chi connectivity index (χ4v) is 3.12. The maximum absolute atomic E-state index is 10.6. The maximum Gasteiger partial charge on any atom is 0.203 e. The van der Waals surface area contributed by atoms with Crippen molar-refractivity contribution in [3.63, 3.8) is 0 Å². The first-order valence-electron chi connectivity index (χ1n) is 10.7. The number of methoxy groups -OCH3 is 3. The van der Waals surface area contributed by atoms with Crippen LogP contribution in [0.4, 0.5) is 0 Å². The number of hydrogen-bond acceptors (Lipinski definition) is 6. The predicted molar refractivity (Wildman–Crippen MR) is 126 cm³/mol. The minimum absolute atomic E-state index is 0.0724. The highest BCUT2D eigenvalue weighted by Crippen LogP contribution is 2.38. The summed E-state index contributed by atoms with van der Waals surface area (Å²) in [5.41, 5.74) is 1.67. The van der Waals surface area contributed by atoms with Crippen LogP contribution in [0.25, 0.3) is 0 Å². The van der Waals surface area contributed by atoms with E-state index < -0.39 is 6.10 Å². The van der Waals surface area contributed by atoms with Gasteiger partial charge in [0.25, 0.3) is 0 Å². The van der Waals surface area contributed by atoms with Gasteiger partial charge in [-0.15, -0.1) is 0 Å². The highest BCUT2D eigenvalue weighted by Gasteiger charge is 2.14. The maximum atomic E-state index is 10.6. The molecule has 0 fully saturated rings. The second-order valence-corrected chi connectivity index (χ2v) is 7.36. The quantitative estimate of drug-likeness (QED) is 0.361. The Labute approximate surface area is 190 Å². The van der Waals surface area contributed by atoms with Crippen LogP contribution in [-0.4, -0.2) is 51.6 Å². The van der Waals surface area contributed by atoms with Gasteiger partial charge in [-0.25, -0.2) is 4.99 Å². The molecule has 0 radical (unpaired) electrons. The van der Waals surface area contributed by atoms with Crippen molar-refractivity contribution in [3.8, 4) is 23.0 Å². The van der Waals surface area contributed by atoms with E-state index in [-0.39, 0.29) is 6.10 Å². The third-order valence-corrected chi connectivity index (χ3v) is 4.57. The first kappa shape index (κ1) is 25.1. The summed E-state index contributed by atoms with van der Waals surface area (Å²) in [4.78, 5) is 4.62. The van der Waals surface area contributed by atoms with Crippen molar-refractivity contribution in [1.29, 1.82) is 0 Å². The van der Waals surface area contributed by atoms with Crippen LogP contribution in [0.15, 0.2) is 41.4 Å². The zero-order valence-electron chi connectivity index (χ0n) is 19.8. The van der Waals surface area contributed by atoms with Crippen molar-refractivity contribution in [2.45, 2.75) is 39.5 Å². The standard InChI is InChI=1S/C24H35N3O5/c1-7-25-24(26-14-17-11-21(29-4)23(31-6)22(12-17)30-5)27-15-20(28)18-9-8-10-19(13-18)32-16(2)3/h8-13,16,20,28H,7,14-15H2,1-6H3,(H2,25,26,27). The van der Waals surface area contributed by atoms with Crippen LogP contribution in [0.2, 0.25) is 0 Å². The van der Waals surface area contributed by atoms with Gasteiger partial charge in [0, 0.05) is 13.1 Å². The minimum Gasteiger partial charge on any atom is -0.493 e. The van der Waals surface area contributed by atoms with Gasteiger partial charge in [-0.05, 0) is 56.2 Å². The Morgan fingerprint density at radius 1 is 1.00 bits per heavy atom. The van der Waals surface area contributed by atoms with Gasteiger partial charge in [0.05, 0.1) is 40.1 Å². The number of benzene rings is 2. The zero-order valence-corrected chi connectivity index (χ0v) is 19.8. The molecule has 0 saturated carbocycles. The summed E-state index contributed by atoms with van der Waals surface area (Å²) in [5.74, 6) is 3.02. The Balaban J connectivity index is 2.09. The van der Waals surface area contributed by atoms with Gasteiger partial charge in [-0.1, -0.05) is 12.1 Å². The van der Waals surface area contributed by atoms with E-state index in [4.69, 9.17) is 18.9 Å². The van der Waals surface area contributed by atoms with Gasteiger partial charge in [-0.3, -0.25) is 0 Å². The first-order chi connectivity index (χ1) is 15.4. The Bertz CT molecular complexity index is 861. The van der Waals surface area contributed by atoms with Gasteiger partial charge >= 0.3 is 0 Å². The molecular weight excluding hydrogens is 410 g/mol. The van der Waals surface area contributed by atoms with Crippen molar-refractivity contribution >= 4 is 5.96 Å². The summed E-state index contributed by atoms with van der Waals surface area (Å²) in [6, 6.07) is 11.2. The van der Waals surface area contributed by atoms with E-state index in [1.54, 1.807) is 21.3 Å². The summed E-state index contributed by atoms with van der Waals surface area (Å²) in [6.45, 7) is 7.30. The van der Waals surface area contributed by atoms with Crippen molar-refractivity contribution in [2.75, 3.05) is 34.4 Å². The fraction of sp³-hybridized carbons (Fsp3) is 0.458. The lowest BCUT2D eigenvalue weighted by Crippen LogP contribution is -2.39. The molecule has 0 aliphatic rings. The molecular formula is C24H35N3O5. The summed E-state index contributed by atoms with van der Waals surface area (Å²) in [5, 5.41) is 17.0. The van der Waals surface area contributed by atoms with E-state index in [0.717, 1.165) is 16.9 Å². The number of aliphatic imine (C=N–C) groups is 1. The average Bonchev–Trinajstić information content (AvgIpc) is 2.79. The first-order valence-corrected chi connectivity index (χ1v) is 10.7. The number of ether oxygens (including phenoxy) is 4. The number of nitrogens with zero attached hydrogens (tertiary/aromatic N) is 1. The van der Waals surface area contributed by atoms with E-state index in [1.807, 2.05) is 57.2 Å². The van der Waals surface area contributed by atoms with Crippen LogP contribution in [0, 0.1) is 0 Å². The molecule has 2 aromatic rings. The zero-order chi connectivity index (χ0) is 23.5. The van der Waals surface area contributed by atoms with E-state index >= 15 is 0 Å². The van der Waals surface area contributed by atoms with Gasteiger partial charge < -0.3 is 34.7 Å². The molecule has 0 aliphatic carbocycles. The van der Waals surface area contributed by atoms with Crippen molar-refractivity contribution < 1.29 is 24.1 Å². The molecule has 8 nitrogen and oxygen atoms in total. The molecule has 8 heteroatoms. The van der Waals surface area contributed by atoms with E-state index in [0.29, 0.717) is 42.8 Å². The highest BCUT2D eigenvalue weighted by atomic mass is 16.5. The average molecular weight is 446 g/mol. The van der Waals surface area contributed by atoms with Gasteiger partial charge in [0.2, 0.25) is 5.75 Å². The largest absolute Gasteiger partial charge is 0.493 e. The number of aliphatic hydroxyl groups is 1. The number of aliphatic hydroxyl groups excluding tert-OH is 1. The highest BCUT2D eigenvalue weighted by molar-refractivity contribution is 5.79. The third-order valence-electron chi connectivity index (χ3n) is 4.57. The van der Waals surface area contributed by atoms with Crippen LogP contribution in [0.5, 0.6) is 23.0 Å². The van der Waals surface area contributed by atoms with Crippen molar-refractivity contribution in [2.24, 2.45) is 4.99 Å². The monoisotopic (exact) mass is 445 g/mol. The van der Waals surface area contributed by atoms with Crippen LogP contribution < -0.4 is 29.6 Å². The van der Waals surface area contributed by atoms with Gasteiger partial charge in [0.15, 0.2) is 17.5 Å². The third kappa shape index (κ3) is 7.23. The lowest BCUT2D eigenvalue weighted by atomic mass is 10.1. The summed E-state index contributed by atoms with van der Waals surface area (Å²) < 4.78 is 21.9. The van der Waals surface area contributed by atoms with Crippen LogP contribution in [0.1, 0.15) is 38.0 Å². The molecule has 0 aromatic heterocycles. The van der Waals surface area contributed by atoms with Crippen LogP contribution >= 0.6 is 0 Å². The lowest BCUT2D eigenvalue weighted by Gasteiger charge is -2.17. The molecule has 3 N–H and O–H groups in total. The normalized spacial score (nSPS) is 12.3. The second kappa shape index (κ2) is 12.7. The molecule has 0 heterocycles. The number of guanidine groups is 1. The number of hydrogen-bond donors (Lipinski definition) is 3. The summed E-state index contributed by atoms with van der Waals surface area (Å²) >= 11 is 0.